The molecule has 1 atom stereocenters. The van der Waals surface area contributed by atoms with Crippen LogP contribution in [0.25, 0.3) is 0 Å². The molecule has 0 unspecified atom stereocenters. The van der Waals surface area contributed by atoms with Crippen LogP contribution in [-0.2, 0) is 6.54 Å². The highest BCUT2D eigenvalue weighted by atomic mass is 35.5. The Morgan fingerprint density at radius 3 is 2.71 bits per heavy atom. The Hall–Kier alpha value is -1.46. The van der Waals surface area contributed by atoms with Gasteiger partial charge in [0.15, 0.2) is 0 Å². The van der Waals surface area contributed by atoms with E-state index in [0.29, 0.717) is 28.9 Å². The first-order valence-corrected chi connectivity index (χ1v) is 8.31. The largest absolute Gasteiger partial charge is 0.497 e. The summed E-state index contributed by atoms with van der Waals surface area (Å²) in [5.41, 5.74) is 1.11. The quantitative estimate of drug-likeness (QED) is 0.766. The summed E-state index contributed by atoms with van der Waals surface area (Å²) >= 11 is 11.9. The molecular weight excluding hydrogens is 349 g/mol. The lowest BCUT2D eigenvalue weighted by atomic mass is 10.2. The van der Waals surface area contributed by atoms with Gasteiger partial charge >= 0.3 is 0 Å². The second kappa shape index (κ2) is 9.14. The number of ether oxygens (including phenoxy) is 2. The van der Waals surface area contributed by atoms with Gasteiger partial charge in [0.05, 0.1) is 12.1 Å². The van der Waals surface area contributed by atoms with E-state index < -0.39 is 6.10 Å². The van der Waals surface area contributed by atoms with Crippen LogP contribution >= 0.6 is 23.2 Å². The number of nitrogens with zero attached hydrogens (tertiary/aromatic N) is 1. The van der Waals surface area contributed by atoms with E-state index in [-0.39, 0.29) is 6.61 Å². The molecule has 0 aliphatic heterocycles. The van der Waals surface area contributed by atoms with Crippen LogP contribution in [0.1, 0.15) is 5.56 Å². The van der Waals surface area contributed by atoms with Gasteiger partial charge in [0, 0.05) is 24.2 Å². The lowest BCUT2D eigenvalue weighted by molar-refractivity contribution is 0.0744. The van der Waals surface area contributed by atoms with Crippen LogP contribution in [0.15, 0.2) is 42.5 Å². The molecule has 0 aliphatic carbocycles. The van der Waals surface area contributed by atoms with Crippen LogP contribution in [0.2, 0.25) is 10.0 Å². The minimum absolute atomic E-state index is 0.141. The number of hydrogen-bond acceptors (Lipinski definition) is 4. The Morgan fingerprint density at radius 1 is 1.17 bits per heavy atom. The maximum Gasteiger partial charge on any atom is 0.139 e. The summed E-state index contributed by atoms with van der Waals surface area (Å²) in [6, 6.07) is 12.8. The van der Waals surface area contributed by atoms with Crippen molar-refractivity contribution in [2.75, 3.05) is 27.3 Å². The molecule has 0 heterocycles. The van der Waals surface area contributed by atoms with Crippen LogP contribution in [0.4, 0.5) is 0 Å². The first kappa shape index (κ1) is 18.9. The molecule has 0 aliphatic rings. The van der Waals surface area contributed by atoms with Crippen LogP contribution in [0.3, 0.4) is 0 Å². The number of benzene rings is 2. The molecule has 2 aromatic carbocycles. The average molecular weight is 370 g/mol. The molecule has 6 heteroatoms. The molecule has 0 aromatic heterocycles. The molecule has 0 saturated carbocycles. The predicted octanol–water partition coefficient (Wildman–Crippen LogP) is 3.87. The third kappa shape index (κ3) is 5.87. The fourth-order valence-electron chi connectivity index (χ4n) is 2.33. The molecule has 0 saturated heterocycles. The molecule has 1 N–H and O–H groups in total. The van der Waals surface area contributed by atoms with Gasteiger partial charge in [-0.25, -0.2) is 0 Å². The van der Waals surface area contributed by atoms with Gasteiger partial charge in [-0.3, -0.25) is 4.90 Å². The smallest absolute Gasteiger partial charge is 0.139 e. The van der Waals surface area contributed by atoms with Crippen LogP contribution in [-0.4, -0.2) is 43.4 Å². The van der Waals surface area contributed by atoms with E-state index in [2.05, 4.69) is 0 Å². The third-order valence-electron chi connectivity index (χ3n) is 3.43. The Balaban J connectivity index is 1.82. The Labute approximate surface area is 152 Å². The van der Waals surface area contributed by atoms with E-state index in [1.54, 1.807) is 25.3 Å². The summed E-state index contributed by atoms with van der Waals surface area (Å²) in [4.78, 5) is 2.02. The highest BCUT2D eigenvalue weighted by Gasteiger charge is 2.11. The molecule has 0 bridgehead atoms. The number of aliphatic hydroxyl groups is 1. The van der Waals surface area contributed by atoms with Crippen molar-refractivity contribution in [1.82, 2.24) is 4.90 Å². The lowest BCUT2D eigenvalue weighted by Gasteiger charge is -2.21. The molecule has 0 spiro atoms. The molecule has 0 amide bonds. The van der Waals surface area contributed by atoms with Crippen molar-refractivity contribution in [3.8, 4) is 11.5 Å². The zero-order chi connectivity index (χ0) is 17.5. The Bertz CT molecular complexity index is 666. The van der Waals surface area contributed by atoms with E-state index >= 15 is 0 Å². The number of halogens is 2. The van der Waals surface area contributed by atoms with Crippen LogP contribution in [0.5, 0.6) is 11.5 Å². The van der Waals surface area contributed by atoms with Crippen LogP contribution in [0, 0.1) is 0 Å². The van der Waals surface area contributed by atoms with Crippen molar-refractivity contribution in [1.29, 1.82) is 0 Å². The Morgan fingerprint density at radius 2 is 1.96 bits per heavy atom. The number of aliphatic hydroxyl groups excluding tert-OH is 1. The van der Waals surface area contributed by atoms with E-state index in [1.807, 2.05) is 36.2 Å². The third-order valence-corrected chi connectivity index (χ3v) is 3.98. The van der Waals surface area contributed by atoms with Crippen molar-refractivity contribution in [3.05, 3.63) is 58.1 Å². The first-order chi connectivity index (χ1) is 11.5. The average Bonchev–Trinajstić information content (AvgIpc) is 2.55. The van der Waals surface area contributed by atoms with Crippen molar-refractivity contribution in [2.24, 2.45) is 0 Å². The monoisotopic (exact) mass is 369 g/mol. The van der Waals surface area contributed by atoms with E-state index in [0.717, 1.165) is 11.3 Å². The van der Waals surface area contributed by atoms with Crippen molar-refractivity contribution >= 4 is 23.2 Å². The predicted molar refractivity (Wildman–Crippen MR) is 97.3 cm³/mol. The summed E-state index contributed by atoms with van der Waals surface area (Å²) in [5.74, 6) is 1.29. The first-order valence-electron chi connectivity index (χ1n) is 7.55. The zero-order valence-electron chi connectivity index (χ0n) is 13.7. The van der Waals surface area contributed by atoms with Gasteiger partial charge < -0.3 is 14.6 Å². The van der Waals surface area contributed by atoms with Gasteiger partial charge in [0.2, 0.25) is 0 Å². The summed E-state index contributed by atoms with van der Waals surface area (Å²) in [7, 11) is 3.58. The van der Waals surface area contributed by atoms with E-state index in [1.165, 1.54) is 0 Å². The Kier molecular flexibility index (Phi) is 7.18. The van der Waals surface area contributed by atoms with Gasteiger partial charge in [-0.2, -0.15) is 0 Å². The summed E-state index contributed by atoms with van der Waals surface area (Å²) < 4.78 is 10.8. The maximum atomic E-state index is 10.2. The van der Waals surface area contributed by atoms with Gasteiger partial charge in [0.25, 0.3) is 0 Å². The van der Waals surface area contributed by atoms with Gasteiger partial charge in [-0.15, -0.1) is 0 Å². The van der Waals surface area contributed by atoms with Crippen molar-refractivity contribution in [2.45, 2.75) is 12.6 Å². The molecule has 24 heavy (non-hydrogen) atoms. The molecule has 130 valence electrons. The normalized spacial score (nSPS) is 12.2. The summed E-state index contributed by atoms with van der Waals surface area (Å²) in [6.07, 6.45) is -0.643. The standard InChI is InChI=1S/C18H21Cl2NO3/c1-21(10-13-4-3-5-16(8-13)23-2)11-15(22)12-24-18-9-14(19)6-7-17(18)20/h3-9,15,22H,10-12H2,1-2H3/t15-/m1/s1. The van der Waals surface area contributed by atoms with Gasteiger partial charge in [-0.1, -0.05) is 35.3 Å². The van der Waals surface area contributed by atoms with E-state index in [4.69, 9.17) is 32.7 Å². The van der Waals surface area contributed by atoms with Crippen molar-refractivity contribution < 1.29 is 14.6 Å². The molecule has 0 fully saturated rings. The fourth-order valence-corrected chi connectivity index (χ4v) is 2.67. The lowest BCUT2D eigenvalue weighted by Crippen LogP contribution is -2.32. The summed E-state index contributed by atoms with van der Waals surface area (Å²) in [5, 5.41) is 11.2. The second-order valence-corrected chi connectivity index (χ2v) is 6.43. The minimum atomic E-state index is -0.643. The fraction of sp³-hybridized carbons (Fsp3) is 0.333. The number of hydrogen-bond donors (Lipinski definition) is 1. The topological polar surface area (TPSA) is 41.9 Å². The number of likely N-dealkylation sites (N-methyl/N-ethyl adjacent to an activating group) is 1. The SMILES string of the molecule is COc1cccc(CN(C)C[C@@H](O)COc2cc(Cl)ccc2Cl)c1. The minimum Gasteiger partial charge on any atom is -0.497 e. The molecule has 4 nitrogen and oxygen atoms in total. The summed E-state index contributed by atoms with van der Waals surface area (Å²) in [6.45, 7) is 1.31. The molecule has 2 aromatic rings. The molecule has 0 radical (unpaired) electrons. The van der Waals surface area contributed by atoms with Gasteiger partial charge in [0.1, 0.15) is 24.2 Å². The van der Waals surface area contributed by atoms with Crippen LogP contribution < -0.4 is 9.47 Å². The highest BCUT2D eigenvalue weighted by Crippen LogP contribution is 2.27. The zero-order valence-corrected chi connectivity index (χ0v) is 15.2. The maximum absolute atomic E-state index is 10.2. The van der Waals surface area contributed by atoms with Crippen molar-refractivity contribution in [3.63, 3.8) is 0 Å². The van der Waals surface area contributed by atoms with E-state index in [9.17, 15) is 5.11 Å². The second-order valence-electron chi connectivity index (χ2n) is 5.59. The number of methoxy groups -OCH3 is 1. The number of rotatable bonds is 8. The highest BCUT2D eigenvalue weighted by molar-refractivity contribution is 6.34. The molecule has 2 rings (SSSR count). The van der Waals surface area contributed by atoms with Gasteiger partial charge in [-0.05, 0) is 36.9 Å². The molecular formula is C18H21Cl2NO3.